The maximum Gasteiger partial charge on any atom is 0.410 e. The Balaban J connectivity index is 2.01. The Morgan fingerprint density at radius 1 is 1.43 bits per heavy atom. The summed E-state index contributed by atoms with van der Waals surface area (Å²) >= 11 is 11.8. The fraction of sp³-hybridized carbons (Fsp3) is 0.667. The smallest absolute Gasteiger partial charge is 0.410 e. The third-order valence-electron chi connectivity index (χ3n) is 3.47. The van der Waals surface area contributed by atoms with E-state index in [1.54, 1.807) is 4.90 Å². The molecule has 0 aliphatic carbocycles. The zero-order valence-corrected chi connectivity index (χ0v) is 15.1. The van der Waals surface area contributed by atoms with Crippen molar-refractivity contribution < 1.29 is 9.53 Å². The van der Waals surface area contributed by atoms with E-state index in [1.807, 2.05) is 20.8 Å². The second-order valence-electron chi connectivity index (χ2n) is 6.54. The number of nitrogens with zero attached hydrogens (tertiary/aromatic N) is 3. The van der Waals surface area contributed by atoms with Crippen molar-refractivity contribution in [2.45, 2.75) is 51.7 Å². The highest BCUT2D eigenvalue weighted by molar-refractivity contribution is 6.33. The van der Waals surface area contributed by atoms with Crippen LogP contribution in [0.5, 0.6) is 0 Å². The van der Waals surface area contributed by atoms with E-state index in [0.717, 1.165) is 19.3 Å². The number of aromatic nitrogens is 2. The van der Waals surface area contributed by atoms with Crippen LogP contribution >= 0.6 is 23.2 Å². The van der Waals surface area contributed by atoms with Gasteiger partial charge in [-0.3, -0.25) is 0 Å². The first kappa shape index (κ1) is 18.1. The zero-order valence-electron chi connectivity index (χ0n) is 13.6. The molecule has 128 valence electrons. The van der Waals surface area contributed by atoms with Gasteiger partial charge < -0.3 is 15.0 Å². The molecule has 2 rings (SSSR count). The molecule has 1 aromatic rings. The molecule has 0 bridgehead atoms. The molecular weight excluding hydrogens is 339 g/mol. The fourth-order valence-corrected chi connectivity index (χ4v) is 2.75. The van der Waals surface area contributed by atoms with Crippen molar-refractivity contribution in [1.82, 2.24) is 14.9 Å². The molecule has 1 fully saturated rings. The molecule has 1 amide bonds. The number of hydrogen-bond donors (Lipinski definition) is 1. The molecular formula is C15H22Cl2N4O2. The van der Waals surface area contributed by atoms with Crippen LogP contribution in [0.3, 0.4) is 0 Å². The molecule has 8 heteroatoms. The van der Waals surface area contributed by atoms with E-state index in [0.29, 0.717) is 23.9 Å². The molecule has 1 aliphatic rings. The molecule has 0 spiro atoms. The lowest BCUT2D eigenvalue weighted by molar-refractivity contribution is 0.0114. The molecule has 1 aromatic heterocycles. The standard InChI is InChI=1S/C15H22Cl2N4O2/c1-15(2,3)23-14(22)21-7-5-4-6-10(21)8-18-12-11(16)9-19-13(17)20-12/h9-10H,4-8H2,1-3H3,(H,18,19,20). The number of likely N-dealkylation sites (tertiary alicyclic amines) is 1. The van der Waals surface area contributed by atoms with Crippen molar-refractivity contribution >= 4 is 35.1 Å². The van der Waals surface area contributed by atoms with Gasteiger partial charge in [0.2, 0.25) is 5.28 Å². The van der Waals surface area contributed by atoms with Crippen LogP contribution in [0.1, 0.15) is 40.0 Å². The third-order valence-corrected chi connectivity index (χ3v) is 3.93. The Morgan fingerprint density at radius 3 is 2.87 bits per heavy atom. The Labute approximate surface area is 146 Å². The molecule has 1 aliphatic heterocycles. The van der Waals surface area contributed by atoms with Crippen LogP contribution in [0, 0.1) is 0 Å². The van der Waals surface area contributed by atoms with E-state index in [1.165, 1.54) is 6.20 Å². The van der Waals surface area contributed by atoms with Crippen LogP contribution in [0.2, 0.25) is 10.3 Å². The molecule has 2 heterocycles. The number of rotatable bonds is 3. The summed E-state index contributed by atoms with van der Waals surface area (Å²) in [6, 6.07) is 0.0309. The van der Waals surface area contributed by atoms with E-state index < -0.39 is 5.60 Å². The van der Waals surface area contributed by atoms with Crippen LogP contribution < -0.4 is 5.32 Å². The summed E-state index contributed by atoms with van der Waals surface area (Å²) in [5, 5.41) is 3.68. The molecule has 0 aromatic carbocycles. The quantitative estimate of drug-likeness (QED) is 0.825. The van der Waals surface area contributed by atoms with Gasteiger partial charge in [0.25, 0.3) is 0 Å². The van der Waals surface area contributed by atoms with Gasteiger partial charge >= 0.3 is 6.09 Å². The van der Waals surface area contributed by atoms with Gasteiger partial charge in [-0.25, -0.2) is 9.78 Å². The predicted molar refractivity (Wildman–Crippen MR) is 91.1 cm³/mol. The number of hydrogen-bond acceptors (Lipinski definition) is 5. The van der Waals surface area contributed by atoms with Crippen molar-refractivity contribution in [3.63, 3.8) is 0 Å². The van der Waals surface area contributed by atoms with E-state index in [-0.39, 0.29) is 17.4 Å². The second kappa shape index (κ2) is 7.53. The number of carbonyl (C=O) groups is 1. The average molecular weight is 361 g/mol. The summed E-state index contributed by atoms with van der Waals surface area (Å²) in [6.07, 6.45) is 4.13. The van der Waals surface area contributed by atoms with Gasteiger partial charge in [0.15, 0.2) is 0 Å². The molecule has 23 heavy (non-hydrogen) atoms. The molecule has 1 unspecified atom stereocenters. The number of nitrogens with one attached hydrogen (secondary N) is 1. The topological polar surface area (TPSA) is 67.3 Å². The summed E-state index contributed by atoms with van der Waals surface area (Å²) in [5.74, 6) is 0.473. The highest BCUT2D eigenvalue weighted by Gasteiger charge is 2.30. The van der Waals surface area contributed by atoms with Gasteiger partial charge in [-0.15, -0.1) is 0 Å². The summed E-state index contributed by atoms with van der Waals surface area (Å²) in [4.78, 5) is 22.0. The number of carbonyl (C=O) groups excluding carboxylic acids is 1. The minimum Gasteiger partial charge on any atom is -0.444 e. The summed E-state index contributed by atoms with van der Waals surface area (Å²) < 4.78 is 5.49. The molecule has 0 radical (unpaired) electrons. The summed E-state index contributed by atoms with van der Waals surface area (Å²) in [6.45, 7) is 6.83. The number of halogens is 2. The van der Waals surface area contributed by atoms with Gasteiger partial charge in [-0.2, -0.15) is 4.98 Å². The van der Waals surface area contributed by atoms with E-state index in [2.05, 4.69) is 15.3 Å². The highest BCUT2D eigenvalue weighted by Crippen LogP contribution is 2.23. The maximum absolute atomic E-state index is 12.4. The fourth-order valence-electron chi connectivity index (χ4n) is 2.46. The van der Waals surface area contributed by atoms with Gasteiger partial charge in [-0.05, 0) is 51.6 Å². The largest absolute Gasteiger partial charge is 0.444 e. The minimum absolute atomic E-state index is 0.0309. The maximum atomic E-state index is 12.4. The van der Waals surface area contributed by atoms with Crippen LogP contribution in [0.4, 0.5) is 10.6 Å². The zero-order chi connectivity index (χ0) is 17.0. The lowest BCUT2D eigenvalue weighted by Crippen LogP contribution is -2.49. The van der Waals surface area contributed by atoms with Crippen LogP contribution in [0.15, 0.2) is 6.20 Å². The molecule has 6 nitrogen and oxygen atoms in total. The number of ether oxygens (including phenoxy) is 1. The van der Waals surface area contributed by atoms with Crippen molar-refractivity contribution in [3.8, 4) is 0 Å². The van der Waals surface area contributed by atoms with Gasteiger partial charge in [0.05, 0.1) is 12.2 Å². The van der Waals surface area contributed by atoms with Crippen molar-refractivity contribution in [2.24, 2.45) is 0 Å². The monoisotopic (exact) mass is 360 g/mol. The average Bonchev–Trinajstić information content (AvgIpc) is 2.47. The Bertz CT molecular complexity index is 563. The van der Waals surface area contributed by atoms with Crippen molar-refractivity contribution in [3.05, 3.63) is 16.5 Å². The van der Waals surface area contributed by atoms with Crippen LogP contribution in [0.25, 0.3) is 0 Å². The van der Waals surface area contributed by atoms with Crippen molar-refractivity contribution in [2.75, 3.05) is 18.4 Å². The van der Waals surface area contributed by atoms with E-state index >= 15 is 0 Å². The molecule has 1 saturated heterocycles. The Hall–Kier alpha value is -1.27. The number of anilines is 1. The van der Waals surface area contributed by atoms with Crippen LogP contribution in [-0.2, 0) is 4.74 Å². The molecule has 1 N–H and O–H groups in total. The van der Waals surface area contributed by atoms with Gasteiger partial charge in [0.1, 0.15) is 16.4 Å². The normalized spacial score (nSPS) is 18.7. The Morgan fingerprint density at radius 2 is 2.17 bits per heavy atom. The summed E-state index contributed by atoms with van der Waals surface area (Å²) in [5.41, 5.74) is -0.504. The Kier molecular flexibility index (Phi) is 5.92. The van der Waals surface area contributed by atoms with Gasteiger partial charge in [0, 0.05) is 13.1 Å². The van der Waals surface area contributed by atoms with E-state index in [9.17, 15) is 4.79 Å². The first-order valence-electron chi connectivity index (χ1n) is 7.68. The number of piperidine rings is 1. The predicted octanol–water partition coefficient (Wildman–Crippen LogP) is 3.98. The lowest BCUT2D eigenvalue weighted by atomic mass is 10.0. The lowest BCUT2D eigenvalue weighted by Gasteiger charge is -2.36. The molecule has 0 saturated carbocycles. The first-order valence-corrected chi connectivity index (χ1v) is 8.43. The summed E-state index contributed by atoms with van der Waals surface area (Å²) in [7, 11) is 0. The van der Waals surface area contributed by atoms with E-state index in [4.69, 9.17) is 27.9 Å². The molecule has 1 atom stereocenters. The third kappa shape index (κ3) is 5.39. The number of amides is 1. The van der Waals surface area contributed by atoms with Crippen molar-refractivity contribution in [1.29, 1.82) is 0 Å². The SMILES string of the molecule is CC(C)(C)OC(=O)N1CCCCC1CNc1nc(Cl)ncc1Cl. The highest BCUT2D eigenvalue weighted by atomic mass is 35.5. The van der Waals surface area contributed by atoms with Gasteiger partial charge in [-0.1, -0.05) is 11.6 Å². The minimum atomic E-state index is -0.504. The van der Waals surface area contributed by atoms with Crippen LogP contribution in [-0.4, -0.2) is 45.7 Å². The second-order valence-corrected chi connectivity index (χ2v) is 7.29. The first-order chi connectivity index (χ1) is 10.8.